The maximum atomic E-state index is 11.7. The molecule has 0 radical (unpaired) electrons. The lowest BCUT2D eigenvalue weighted by Crippen LogP contribution is -2.37. The van der Waals surface area contributed by atoms with Crippen molar-refractivity contribution in [2.75, 3.05) is 0 Å². The van der Waals surface area contributed by atoms with E-state index in [1.54, 1.807) is 0 Å². The van der Waals surface area contributed by atoms with E-state index in [2.05, 4.69) is 26.0 Å². The first kappa shape index (κ1) is 8.03. The van der Waals surface area contributed by atoms with Gasteiger partial charge in [-0.2, -0.15) is 0 Å². The SMILES string of the molecule is CC12C=CCC[C@]1(C)C(=O)CC2. The molecule has 0 saturated heterocycles. The minimum absolute atomic E-state index is 0.0399. The quantitative estimate of drug-likeness (QED) is 0.503. The van der Waals surface area contributed by atoms with Crippen molar-refractivity contribution in [3.8, 4) is 0 Å². The Labute approximate surface area is 73.8 Å². The monoisotopic (exact) mass is 164 g/mol. The number of allylic oxidation sites excluding steroid dienone is 2. The van der Waals surface area contributed by atoms with E-state index >= 15 is 0 Å². The van der Waals surface area contributed by atoms with Gasteiger partial charge in [0.2, 0.25) is 0 Å². The van der Waals surface area contributed by atoms with Crippen LogP contribution in [0.15, 0.2) is 12.2 Å². The Bertz CT molecular complexity index is 254. The number of carbonyl (C=O) groups excluding carboxylic acids is 1. The zero-order valence-corrected chi connectivity index (χ0v) is 7.89. The number of Topliss-reactive ketones (excluding diaryl/α,β-unsaturated/α-hetero) is 1. The Morgan fingerprint density at radius 1 is 1.33 bits per heavy atom. The van der Waals surface area contributed by atoms with E-state index in [1.807, 2.05) is 0 Å². The summed E-state index contributed by atoms with van der Waals surface area (Å²) in [5.41, 5.74) is 0.129. The summed E-state index contributed by atoms with van der Waals surface area (Å²) in [7, 11) is 0. The van der Waals surface area contributed by atoms with Crippen molar-refractivity contribution in [2.45, 2.75) is 39.5 Å². The summed E-state index contributed by atoms with van der Waals surface area (Å²) < 4.78 is 0. The molecule has 0 aromatic carbocycles. The van der Waals surface area contributed by atoms with Gasteiger partial charge in [0.05, 0.1) is 0 Å². The van der Waals surface area contributed by atoms with Crippen LogP contribution in [0.2, 0.25) is 0 Å². The Morgan fingerprint density at radius 2 is 2.08 bits per heavy atom. The summed E-state index contributed by atoms with van der Waals surface area (Å²) in [5, 5.41) is 0. The Balaban J connectivity index is 2.46. The zero-order chi connectivity index (χ0) is 8.82. The van der Waals surface area contributed by atoms with Gasteiger partial charge >= 0.3 is 0 Å². The molecule has 0 N–H and O–H groups in total. The Kier molecular flexibility index (Phi) is 1.48. The number of hydrogen-bond acceptors (Lipinski definition) is 1. The number of ketones is 1. The van der Waals surface area contributed by atoms with E-state index in [9.17, 15) is 4.79 Å². The second-order valence-electron chi connectivity index (χ2n) is 4.61. The summed E-state index contributed by atoms with van der Waals surface area (Å²) in [5.74, 6) is 0.481. The van der Waals surface area contributed by atoms with Crippen molar-refractivity contribution in [3.63, 3.8) is 0 Å². The van der Waals surface area contributed by atoms with Gasteiger partial charge in [-0.15, -0.1) is 0 Å². The smallest absolute Gasteiger partial charge is 0.139 e. The molecular formula is C11H16O. The molecular weight excluding hydrogens is 148 g/mol. The van der Waals surface area contributed by atoms with Gasteiger partial charge in [0.25, 0.3) is 0 Å². The van der Waals surface area contributed by atoms with E-state index in [1.165, 1.54) is 0 Å². The highest BCUT2D eigenvalue weighted by atomic mass is 16.1. The second-order valence-corrected chi connectivity index (χ2v) is 4.61. The van der Waals surface area contributed by atoms with Crippen LogP contribution in [0.25, 0.3) is 0 Å². The van der Waals surface area contributed by atoms with E-state index in [-0.39, 0.29) is 10.8 Å². The molecule has 0 heterocycles. The molecule has 0 aliphatic heterocycles. The van der Waals surface area contributed by atoms with Crippen molar-refractivity contribution in [3.05, 3.63) is 12.2 Å². The summed E-state index contributed by atoms with van der Waals surface area (Å²) in [6.45, 7) is 4.37. The van der Waals surface area contributed by atoms with Gasteiger partial charge in [0.1, 0.15) is 5.78 Å². The van der Waals surface area contributed by atoms with Gasteiger partial charge < -0.3 is 0 Å². The summed E-state index contributed by atoms with van der Waals surface area (Å²) in [6, 6.07) is 0. The Morgan fingerprint density at radius 3 is 2.75 bits per heavy atom. The standard InChI is InChI=1S/C11H16O/c1-10-6-3-4-7-11(10,2)9(12)5-8-10/h3,6H,4-5,7-8H2,1-2H3/t10?,11-/m1/s1. The van der Waals surface area contributed by atoms with Gasteiger partial charge in [-0.25, -0.2) is 0 Å². The average molecular weight is 164 g/mol. The first-order valence-corrected chi connectivity index (χ1v) is 4.80. The number of rotatable bonds is 0. The third-order valence-electron chi connectivity index (χ3n) is 4.04. The minimum Gasteiger partial charge on any atom is -0.299 e. The zero-order valence-electron chi connectivity index (χ0n) is 7.89. The average Bonchev–Trinajstić information content (AvgIpc) is 2.28. The fourth-order valence-corrected chi connectivity index (χ4v) is 2.65. The molecule has 0 amide bonds. The van der Waals surface area contributed by atoms with Crippen LogP contribution in [0.3, 0.4) is 0 Å². The molecule has 0 aromatic rings. The molecule has 0 spiro atoms. The summed E-state index contributed by atoms with van der Waals surface area (Å²) in [4.78, 5) is 11.7. The third-order valence-corrected chi connectivity index (χ3v) is 4.04. The Hall–Kier alpha value is -0.590. The van der Waals surface area contributed by atoms with Gasteiger partial charge in [-0.3, -0.25) is 4.79 Å². The molecule has 2 rings (SSSR count). The van der Waals surface area contributed by atoms with E-state index in [4.69, 9.17) is 0 Å². The topological polar surface area (TPSA) is 17.1 Å². The molecule has 1 unspecified atom stereocenters. The summed E-state index contributed by atoms with van der Waals surface area (Å²) >= 11 is 0. The number of carbonyl (C=O) groups is 1. The highest BCUT2D eigenvalue weighted by molar-refractivity contribution is 5.88. The predicted molar refractivity (Wildman–Crippen MR) is 48.8 cm³/mol. The van der Waals surface area contributed by atoms with Gasteiger partial charge in [0, 0.05) is 11.8 Å². The molecule has 1 nitrogen and oxygen atoms in total. The summed E-state index contributed by atoms with van der Waals surface area (Å²) in [6.07, 6.45) is 8.48. The molecule has 1 saturated carbocycles. The molecule has 2 atom stereocenters. The molecule has 0 bridgehead atoms. The largest absolute Gasteiger partial charge is 0.299 e. The van der Waals surface area contributed by atoms with Crippen molar-refractivity contribution in [1.82, 2.24) is 0 Å². The van der Waals surface area contributed by atoms with E-state index < -0.39 is 0 Å². The number of hydrogen-bond donors (Lipinski definition) is 0. The maximum absolute atomic E-state index is 11.7. The highest BCUT2D eigenvalue weighted by Gasteiger charge is 2.53. The molecule has 2 aliphatic rings. The van der Waals surface area contributed by atoms with E-state index in [0.717, 1.165) is 25.7 Å². The van der Waals surface area contributed by atoms with Crippen LogP contribution in [-0.4, -0.2) is 5.78 Å². The predicted octanol–water partition coefficient (Wildman–Crippen LogP) is 2.71. The van der Waals surface area contributed by atoms with Crippen molar-refractivity contribution in [1.29, 1.82) is 0 Å². The molecule has 1 fully saturated rings. The van der Waals surface area contributed by atoms with Crippen LogP contribution >= 0.6 is 0 Å². The van der Waals surface area contributed by atoms with E-state index in [0.29, 0.717) is 5.78 Å². The van der Waals surface area contributed by atoms with Crippen molar-refractivity contribution >= 4 is 5.78 Å². The van der Waals surface area contributed by atoms with Crippen LogP contribution in [0, 0.1) is 10.8 Å². The second kappa shape index (κ2) is 2.21. The lowest BCUT2D eigenvalue weighted by Gasteiger charge is -2.40. The van der Waals surface area contributed by atoms with Crippen LogP contribution in [0.4, 0.5) is 0 Å². The maximum Gasteiger partial charge on any atom is 0.139 e. The lowest BCUT2D eigenvalue weighted by atomic mass is 9.63. The van der Waals surface area contributed by atoms with Gasteiger partial charge in [0.15, 0.2) is 0 Å². The normalized spacial score (nSPS) is 46.3. The van der Waals surface area contributed by atoms with Crippen LogP contribution < -0.4 is 0 Å². The van der Waals surface area contributed by atoms with Crippen LogP contribution in [-0.2, 0) is 4.79 Å². The van der Waals surface area contributed by atoms with Crippen LogP contribution in [0.1, 0.15) is 39.5 Å². The minimum atomic E-state index is -0.0399. The fourth-order valence-electron chi connectivity index (χ4n) is 2.65. The molecule has 66 valence electrons. The number of fused-ring (bicyclic) bond motifs is 1. The van der Waals surface area contributed by atoms with Crippen molar-refractivity contribution in [2.24, 2.45) is 10.8 Å². The van der Waals surface area contributed by atoms with Gasteiger partial charge in [-0.05, 0) is 24.7 Å². The first-order chi connectivity index (χ1) is 5.58. The molecule has 12 heavy (non-hydrogen) atoms. The lowest BCUT2D eigenvalue weighted by molar-refractivity contribution is -0.128. The highest BCUT2D eigenvalue weighted by Crippen LogP contribution is 2.55. The fraction of sp³-hybridized carbons (Fsp3) is 0.727. The molecule has 2 aliphatic carbocycles. The first-order valence-electron chi connectivity index (χ1n) is 4.80. The third kappa shape index (κ3) is 0.769. The van der Waals surface area contributed by atoms with Crippen LogP contribution in [0.5, 0.6) is 0 Å². The molecule has 0 aromatic heterocycles. The molecule has 1 heteroatoms. The van der Waals surface area contributed by atoms with Gasteiger partial charge in [-0.1, -0.05) is 26.0 Å². The van der Waals surface area contributed by atoms with Crippen molar-refractivity contribution < 1.29 is 4.79 Å².